The highest BCUT2D eigenvalue weighted by molar-refractivity contribution is 5.99. The standard InChI is InChI=1S/C11H12N2O4.2ClH/c12-9-5-10(14)13(6-11(15)16)7-3-1-2-4-8(7)17-9;;/h1-4,9H,5-6,12H2,(H,15,16);2*1H. The molecule has 1 atom stereocenters. The number of carbonyl (C=O) groups is 2. The number of carboxylic acid groups (broad SMARTS) is 1. The summed E-state index contributed by atoms with van der Waals surface area (Å²) in [7, 11) is 0. The van der Waals surface area contributed by atoms with E-state index in [-0.39, 0.29) is 37.1 Å². The number of halogens is 2. The van der Waals surface area contributed by atoms with E-state index in [1.165, 1.54) is 4.90 Å². The molecule has 1 unspecified atom stereocenters. The Balaban J connectivity index is 0.00000162. The molecule has 1 aromatic carbocycles. The Morgan fingerprint density at radius 3 is 2.68 bits per heavy atom. The van der Waals surface area contributed by atoms with Gasteiger partial charge in [-0.1, -0.05) is 12.1 Å². The smallest absolute Gasteiger partial charge is 0.323 e. The van der Waals surface area contributed by atoms with Crippen LogP contribution < -0.4 is 15.4 Å². The maximum Gasteiger partial charge on any atom is 0.323 e. The van der Waals surface area contributed by atoms with Gasteiger partial charge in [-0.15, -0.1) is 24.8 Å². The first-order chi connectivity index (χ1) is 8.08. The van der Waals surface area contributed by atoms with E-state index in [9.17, 15) is 9.59 Å². The molecule has 0 saturated heterocycles. The summed E-state index contributed by atoms with van der Waals surface area (Å²) in [6.45, 7) is -0.397. The van der Waals surface area contributed by atoms with E-state index < -0.39 is 18.7 Å². The van der Waals surface area contributed by atoms with E-state index in [0.717, 1.165) is 0 Å². The molecule has 6 nitrogen and oxygen atoms in total. The summed E-state index contributed by atoms with van der Waals surface area (Å²) in [6.07, 6.45) is -0.787. The summed E-state index contributed by atoms with van der Waals surface area (Å²) < 4.78 is 5.36. The SMILES string of the molecule is Cl.Cl.NC1CC(=O)N(CC(=O)O)c2ccccc2O1. The van der Waals surface area contributed by atoms with Crippen molar-refractivity contribution in [2.24, 2.45) is 5.73 Å². The molecule has 106 valence electrons. The number of para-hydroxylation sites is 2. The molecule has 0 bridgehead atoms. The van der Waals surface area contributed by atoms with Gasteiger partial charge in [-0.25, -0.2) is 0 Å². The van der Waals surface area contributed by atoms with Crippen molar-refractivity contribution in [2.45, 2.75) is 12.6 Å². The number of hydrogen-bond donors (Lipinski definition) is 2. The number of carboxylic acids is 1. The van der Waals surface area contributed by atoms with Crippen LogP contribution in [0.4, 0.5) is 5.69 Å². The van der Waals surface area contributed by atoms with Crippen LogP contribution in [0.1, 0.15) is 6.42 Å². The normalized spacial score (nSPS) is 17.2. The Morgan fingerprint density at radius 2 is 2.05 bits per heavy atom. The molecule has 1 aromatic rings. The quantitative estimate of drug-likeness (QED) is 0.850. The van der Waals surface area contributed by atoms with E-state index in [2.05, 4.69) is 0 Å². The van der Waals surface area contributed by atoms with Gasteiger partial charge in [0, 0.05) is 0 Å². The van der Waals surface area contributed by atoms with Crippen molar-refractivity contribution in [3.05, 3.63) is 24.3 Å². The predicted octanol–water partition coefficient (Wildman–Crippen LogP) is 1.02. The fraction of sp³-hybridized carbons (Fsp3) is 0.273. The van der Waals surface area contributed by atoms with Gasteiger partial charge in [0.2, 0.25) is 5.91 Å². The molecule has 0 spiro atoms. The fourth-order valence-corrected chi connectivity index (χ4v) is 1.71. The fourth-order valence-electron chi connectivity index (χ4n) is 1.71. The van der Waals surface area contributed by atoms with Crippen LogP contribution in [0.2, 0.25) is 0 Å². The number of aliphatic carboxylic acids is 1. The summed E-state index contributed by atoms with van der Waals surface area (Å²) in [6, 6.07) is 6.73. The first kappa shape index (κ1) is 17.5. The molecule has 8 heteroatoms. The summed E-state index contributed by atoms with van der Waals surface area (Å²) in [4.78, 5) is 23.7. The van der Waals surface area contributed by atoms with Crippen LogP contribution in [-0.4, -0.2) is 29.8 Å². The zero-order valence-corrected chi connectivity index (χ0v) is 11.4. The number of fused-ring (bicyclic) bond motifs is 1. The summed E-state index contributed by atoms with van der Waals surface area (Å²) in [5.41, 5.74) is 6.05. The van der Waals surface area contributed by atoms with E-state index in [4.69, 9.17) is 15.6 Å². The zero-order chi connectivity index (χ0) is 12.4. The van der Waals surface area contributed by atoms with Gasteiger partial charge in [0.25, 0.3) is 0 Å². The second-order valence-corrected chi connectivity index (χ2v) is 3.70. The number of ether oxygens (including phenoxy) is 1. The lowest BCUT2D eigenvalue weighted by Crippen LogP contribution is -2.38. The molecule has 2 rings (SSSR count). The van der Waals surface area contributed by atoms with Crippen LogP contribution >= 0.6 is 24.8 Å². The van der Waals surface area contributed by atoms with Gasteiger partial charge in [-0.05, 0) is 12.1 Å². The first-order valence-electron chi connectivity index (χ1n) is 5.11. The number of carbonyl (C=O) groups excluding carboxylic acids is 1. The number of nitrogens with zero attached hydrogens (tertiary/aromatic N) is 1. The molecule has 0 radical (unpaired) electrons. The number of amides is 1. The van der Waals surface area contributed by atoms with Crippen LogP contribution in [-0.2, 0) is 9.59 Å². The summed E-state index contributed by atoms with van der Waals surface area (Å²) >= 11 is 0. The zero-order valence-electron chi connectivity index (χ0n) is 9.81. The third kappa shape index (κ3) is 3.99. The summed E-state index contributed by atoms with van der Waals surface area (Å²) in [5.74, 6) is -1.01. The Hall–Kier alpha value is -1.50. The molecule has 19 heavy (non-hydrogen) atoms. The van der Waals surface area contributed by atoms with Crippen molar-refractivity contribution in [1.82, 2.24) is 0 Å². The number of nitrogens with two attached hydrogens (primary N) is 1. The predicted molar refractivity (Wildman–Crippen MR) is 74.1 cm³/mol. The second kappa shape index (κ2) is 7.18. The van der Waals surface area contributed by atoms with Crippen LogP contribution in [0.3, 0.4) is 0 Å². The molecule has 0 saturated carbocycles. The highest BCUT2D eigenvalue weighted by Gasteiger charge is 2.28. The van der Waals surface area contributed by atoms with Crippen LogP contribution in [0.15, 0.2) is 24.3 Å². The molecule has 0 fully saturated rings. The Labute approximate surface area is 122 Å². The highest BCUT2D eigenvalue weighted by atomic mass is 35.5. The minimum atomic E-state index is -1.08. The maximum atomic E-state index is 11.8. The molecule has 3 N–H and O–H groups in total. The number of hydrogen-bond acceptors (Lipinski definition) is 4. The average Bonchev–Trinajstić information content (AvgIpc) is 2.36. The van der Waals surface area contributed by atoms with Gasteiger partial charge < -0.3 is 9.84 Å². The van der Waals surface area contributed by atoms with E-state index >= 15 is 0 Å². The van der Waals surface area contributed by atoms with E-state index in [1.54, 1.807) is 24.3 Å². The minimum absolute atomic E-state index is 0. The lowest BCUT2D eigenvalue weighted by molar-refractivity contribution is -0.136. The third-order valence-corrected chi connectivity index (χ3v) is 2.40. The minimum Gasteiger partial charge on any atom is -0.480 e. The molecular formula is C11H14Cl2N2O4. The van der Waals surface area contributed by atoms with Crippen LogP contribution in [0.25, 0.3) is 0 Å². The van der Waals surface area contributed by atoms with Gasteiger partial charge in [0.15, 0.2) is 6.23 Å². The monoisotopic (exact) mass is 308 g/mol. The maximum absolute atomic E-state index is 11.8. The van der Waals surface area contributed by atoms with E-state index in [1.807, 2.05) is 0 Å². The van der Waals surface area contributed by atoms with Crippen molar-refractivity contribution < 1.29 is 19.4 Å². The van der Waals surface area contributed by atoms with Gasteiger partial charge in [-0.3, -0.25) is 20.2 Å². The number of anilines is 1. The topological polar surface area (TPSA) is 92.9 Å². The third-order valence-electron chi connectivity index (χ3n) is 2.40. The van der Waals surface area contributed by atoms with Crippen molar-refractivity contribution in [3.8, 4) is 5.75 Å². The molecule has 1 heterocycles. The van der Waals surface area contributed by atoms with Gasteiger partial charge >= 0.3 is 5.97 Å². The lowest BCUT2D eigenvalue weighted by Gasteiger charge is -2.19. The molecular weight excluding hydrogens is 295 g/mol. The van der Waals surface area contributed by atoms with Gasteiger partial charge in [0.05, 0.1) is 12.1 Å². The van der Waals surface area contributed by atoms with Crippen molar-refractivity contribution in [3.63, 3.8) is 0 Å². The summed E-state index contributed by atoms with van der Waals surface area (Å²) in [5, 5.41) is 8.80. The second-order valence-electron chi connectivity index (χ2n) is 3.70. The van der Waals surface area contributed by atoms with Crippen LogP contribution in [0, 0.1) is 0 Å². The van der Waals surface area contributed by atoms with Gasteiger partial charge in [0.1, 0.15) is 12.3 Å². The molecule has 1 aliphatic rings. The molecule has 1 amide bonds. The molecule has 0 aromatic heterocycles. The van der Waals surface area contributed by atoms with Crippen LogP contribution in [0.5, 0.6) is 5.75 Å². The van der Waals surface area contributed by atoms with E-state index in [0.29, 0.717) is 11.4 Å². The Kier molecular flexibility index (Phi) is 6.61. The Morgan fingerprint density at radius 1 is 1.42 bits per heavy atom. The Bertz CT molecular complexity index is 470. The molecule has 0 aliphatic carbocycles. The molecule has 1 aliphatic heterocycles. The van der Waals surface area contributed by atoms with Crippen molar-refractivity contribution in [1.29, 1.82) is 0 Å². The number of benzene rings is 1. The average molecular weight is 309 g/mol. The van der Waals surface area contributed by atoms with Crippen molar-refractivity contribution >= 4 is 42.4 Å². The first-order valence-corrected chi connectivity index (χ1v) is 5.11. The highest BCUT2D eigenvalue weighted by Crippen LogP contribution is 2.31. The van der Waals surface area contributed by atoms with Crippen molar-refractivity contribution in [2.75, 3.05) is 11.4 Å². The lowest BCUT2D eigenvalue weighted by atomic mass is 10.2. The largest absolute Gasteiger partial charge is 0.480 e. The van der Waals surface area contributed by atoms with Gasteiger partial charge in [-0.2, -0.15) is 0 Å². The number of rotatable bonds is 2.